The van der Waals surface area contributed by atoms with Crippen molar-refractivity contribution in [2.45, 2.75) is 19.3 Å². The van der Waals surface area contributed by atoms with Crippen LogP contribution in [0.1, 0.15) is 25.0 Å². The molecule has 1 aliphatic carbocycles. The molecule has 1 heterocycles. The third kappa shape index (κ3) is 4.31. The maximum absolute atomic E-state index is 6.47. The number of hydrogen-bond donors (Lipinski definition) is 0. The molecule has 0 atom stereocenters. The standard InChI is InChI=1S/C55H36O/c1-55(2)48-31-30-46-44(28-29-45-38-15-9-10-21-50(38)56-54(45)46)53(48)47-27-26-36(32-49(47)55)33-22-24-35(25-23-33)51-40-16-5-7-18-42(40)52(43-19-8-6-17-41(43)51)39-20-11-13-34-12-3-4-14-37(34)39/h3-32H,1-2H3. The number of hydrogen-bond acceptors (Lipinski definition) is 1. The zero-order valence-electron chi connectivity index (χ0n) is 31.2. The second-order valence-electron chi connectivity index (χ2n) is 16.0. The molecule has 12 rings (SSSR count). The van der Waals surface area contributed by atoms with Crippen molar-refractivity contribution in [2.75, 3.05) is 0 Å². The molecule has 0 saturated carbocycles. The monoisotopic (exact) mass is 712 g/mol. The summed E-state index contributed by atoms with van der Waals surface area (Å²) in [4.78, 5) is 0. The average Bonchev–Trinajstić information content (AvgIpc) is 3.74. The molecule has 0 unspecified atom stereocenters. The molecule has 0 N–H and O–H groups in total. The van der Waals surface area contributed by atoms with Crippen molar-refractivity contribution in [3.05, 3.63) is 193 Å². The van der Waals surface area contributed by atoms with E-state index in [0.717, 1.165) is 11.2 Å². The van der Waals surface area contributed by atoms with E-state index in [2.05, 4.69) is 190 Å². The normalized spacial score (nSPS) is 13.3. The summed E-state index contributed by atoms with van der Waals surface area (Å²) >= 11 is 0. The summed E-state index contributed by atoms with van der Waals surface area (Å²) in [7, 11) is 0. The van der Waals surface area contributed by atoms with Crippen LogP contribution in [-0.4, -0.2) is 0 Å². The molecule has 0 bridgehead atoms. The van der Waals surface area contributed by atoms with Crippen LogP contribution in [0, 0.1) is 0 Å². The summed E-state index contributed by atoms with van der Waals surface area (Å²) in [5.41, 5.74) is 14.7. The molecule has 0 radical (unpaired) electrons. The Balaban J connectivity index is 0.984. The van der Waals surface area contributed by atoms with Crippen molar-refractivity contribution in [1.82, 2.24) is 0 Å². The molecule has 10 aromatic carbocycles. The minimum atomic E-state index is -0.138. The van der Waals surface area contributed by atoms with Crippen LogP contribution in [0.15, 0.2) is 186 Å². The van der Waals surface area contributed by atoms with Gasteiger partial charge < -0.3 is 4.42 Å². The minimum absolute atomic E-state index is 0.138. The van der Waals surface area contributed by atoms with Gasteiger partial charge in [0.05, 0.1) is 0 Å². The minimum Gasteiger partial charge on any atom is -0.455 e. The Hall–Kier alpha value is -6.96. The van der Waals surface area contributed by atoms with Crippen molar-refractivity contribution in [3.8, 4) is 44.5 Å². The third-order valence-corrected chi connectivity index (χ3v) is 12.7. The summed E-state index contributed by atoms with van der Waals surface area (Å²) < 4.78 is 6.47. The van der Waals surface area contributed by atoms with Crippen molar-refractivity contribution in [1.29, 1.82) is 0 Å². The summed E-state index contributed by atoms with van der Waals surface area (Å²) in [6.07, 6.45) is 0. The van der Waals surface area contributed by atoms with Crippen molar-refractivity contribution >= 4 is 65.0 Å². The fourth-order valence-electron chi connectivity index (χ4n) is 10.0. The molecule has 262 valence electrons. The predicted octanol–water partition coefficient (Wildman–Crippen LogP) is 15.5. The summed E-state index contributed by atoms with van der Waals surface area (Å²) in [5, 5.41) is 12.4. The zero-order chi connectivity index (χ0) is 37.1. The van der Waals surface area contributed by atoms with E-state index >= 15 is 0 Å². The molecule has 0 aliphatic heterocycles. The maximum atomic E-state index is 6.47. The Morgan fingerprint density at radius 1 is 0.339 bits per heavy atom. The highest BCUT2D eigenvalue weighted by molar-refractivity contribution is 6.24. The number of rotatable bonds is 3. The van der Waals surface area contributed by atoms with Crippen molar-refractivity contribution in [2.24, 2.45) is 0 Å². The van der Waals surface area contributed by atoms with E-state index in [-0.39, 0.29) is 5.41 Å². The number of para-hydroxylation sites is 1. The Kier molecular flexibility index (Phi) is 6.46. The van der Waals surface area contributed by atoms with Crippen LogP contribution in [0.4, 0.5) is 0 Å². The van der Waals surface area contributed by atoms with Crippen LogP contribution in [-0.2, 0) is 5.41 Å². The molecule has 0 amide bonds. The van der Waals surface area contributed by atoms with Crippen LogP contribution >= 0.6 is 0 Å². The molecule has 1 aliphatic rings. The van der Waals surface area contributed by atoms with E-state index < -0.39 is 0 Å². The smallest absolute Gasteiger partial charge is 0.143 e. The lowest BCUT2D eigenvalue weighted by molar-refractivity contribution is 0.660. The highest BCUT2D eigenvalue weighted by Crippen LogP contribution is 2.53. The van der Waals surface area contributed by atoms with E-state index in [9.17, 15) is 0 Å². The highest BCUT2D eigenvalue weighted by atomic mass is 16.3. The van der Waals surface area contributed by atoms with E-state index in [4.69, 9.17) is 4.42 Å². The third-order valence-electron chi connectivity index (χ3n) is 12.7. The summed E-state index contributed by atoms with van der Waals surface area (Å²) in [6, 6.07) is 67.1. The fraction of sp³-hybridized carbons (Fsp3) is 0.0545. The quantitative estimate of drug-likeness (QED) is 0.166. The van der Waals surface area contributed by atoms with E-state index in [0.29, 0.717) is 0 Å². The summed E-state index contributed by atoms with van der Waals surface area (Å²) in [5.74, 6) is 0. The molecular formula is C55H36O. The van der Waals surface area contributed by atoms with Gasteiger partial charge >= 0.3 is 0 Å². The number of furan rings is 1. The molecule has 0 saturated heterocycles. The Morgan fingerprint density at radius 3 is 1.62 bits per heavy atom. The average molecular weight is 713 g/mol. The molecule has 11 aromatic rings. The zero-order valence-corrected chi connectivity index (χ0v) is 31.2. The van der Waals surface area contributed by atoms with E-state index in [1.54, 1.807) is 0 Å². The van der Waals surface area contributed by atoms with Crippen molar-refractivity contribution in [3.63, 3.8) is 0 Å². The van der Waals surface area contributed by atoms with Gasteiger partial charge in [-0.1, -0.05) is 178 Å². The summed E-state index contributed by atoms with van der Waals surface area (Å²) in [6.45, 7) is 4.74. The fourth-order valence-corrected chi connectivity index (χ4v) is 10.0. The van der Waals surface area contributed by atoms with Crippen LogP contribution in [0.2, 0.25) is 0 Å². The number of benzene rings is 10. The van der Waals surface area contributed by atoms with Gasteiger partial charge in [-0.25, -0.2) is 0 Å². The Bertz CT molecular complexity index is 3370. The lowest BCUT2D eigenvalue weighted by atomic mass is 9.81. The lowest BCUT2D eigenvalue weighted by Gasteiger charge is -2.22. The largest absolute Gasteiger partial charge is 0.455 e. The van der Waals surface area contributed by atoms with Gasteiger partial charge in [0, 0.05) is 21.6 Å². The molecule has 0 fully saturated rings. The van der Waals surface area contributed by atoms with Gasteiger partial charge in [-0.15, -0.1) is 0 Å². The second-order valence-corrected chi connectivity index (χ2v) is 16.0. The van der Waals surface area contributed by atoms with Gasteiger partial charge in [0.1, 0.15) is 11.2 Å². The molecule has 0 spiro atoms. The second kappa shape index (κ2) is 11.5. The van der Waals surface area contributed by atoms with Gasteiger partial charge in [0.2, 0.25) is 0 Å². The van der Waals surface area contributed by atoms with Crippen molar-refractivity contribution < 1.29 is 4.42 Å². The van der Waals surface area contributed by atoms with Gasteiger partial charge in [-0.3, -0.25) is 0 Å². The van der Waals surface area contributed by atoms with Gasteiger partial charge in [0.25, 0.3) is 0 Å². The Labute approximate surface area is 325 Å². The first-order chi connectivity index (χ1) is 27.5. The number of fused-ring (bicyclic) bond motifs is 12. The molecule has 1 heteroatoms. The highest BCUT2D eigenvalue weighted by Gasteiger charge is 2.37. The first-order valence-corrected chi connectivity index (χ1v) is 19.6. The maximum Gasteiger partial charge on any atom is 0.143 e. The first kappa shape index (κ1) is 31.4. The van der Waals surface area contributed by atoms with Crippen LogP contribution in [0.3, 0.4) is 0 Å². The SMILES string of the molecule is CC1(C)c2cc(-c3ccc(-c4c5ccccc5c(-c5cccc6ccccc56)c5ccccc45)cc3)ccc2-c2c1ccc1c2ccc2c3ccccc3oc12. The van der Waals surface area contributed by atoms with Crippen LogP contribution in [0.25, 0.3) is 110 Å². The topological polar surface area (TPSA) is 13.1 Å². The van der Waals surface area contributed by atoms with Gasteiger partial charge in [-0.2, -0.15) is 0 Å². The van der Waals surface area contributed by atoms with Gasteiger partial charge in [0.15, 0.2) is 0 Å². The Morgan fingerprint density at radius 2 is 0.875 bits per heavy atom. The molecule has 56 heavy (non-hydrogen) atoms. The molecule has 1 aromatic heterocycles. The first-order valence-electron chi connectivity index (χ1n) is 19.6. The van der Waals surface area contributed by atoms with E-state index in [1.165, 1.54) is 109 Å². The van der Waals surface area contributed by atoms with E-state index in [1.807, 2.05) is 6.07 Å². The van der Waals surface area contributed by atoms with Crippen LogP contribution in [0.5, 0.6) is 0 Å². The lowest BCUT2D eigenvalue weighted by Crippen LogP contribution is -2.15. The van der Waals surface area contributed by atoms with Crippen LogP contribution < -0.4 is 0 Å². The predicted molar refractivity (Wildman–Crippen MR) is 238 cm³/mol. The van der Waals surface area contributed by atoms with Gasteiger partial charge in [-0.05, 0) is 112 Å². The molecule has 1 nitrogen and oxygen atoms in total. The molecular weight excluding hydrogens is 677 g/mol.